The lowest BCUT2D eigenvalue weighted by Gasteiger charge is -2.31. The zero-order chi connectivity index (χ0) is 10.9. The number of ether oxygens (including phenoxy) is 1. The standard InChI is InChI=1S/C10H17NO3/c1-6-4-5-7(2)10(6,8(11)12)9(13)14-3/h6-7H,4-5H2,1-3H3,(H2,11,12). The van der Waals surface area contributed by atoms with Gasteiger partial charge >= 0.3 is 5.97 Å². The summed E-state index contributed by atoms with van der Waals surface area (Å²) >= 11 is 0. The van der Waals surface area contributed by atoms with Crippen molar-refractivity contribution < 1.29 is 14.3 Å². The van der Waals surface area contributed by atoms with Gasteiger partial charge in [0.05, 0.1) is 7.11 Å². The molecule has 0 bridgehead atoms. The van der Waals surface area contributed by atoms with Crippen LogP contribution >= 0.6 is 0 Å². The van der Waals surface area contributed by atoms with E-state index in [-0.39, 0.29) is 11.8 Å². The summed E-state index contributed by atoms with van der Waals surface area (Å²) in [5, 5.41) is 0. The molecule has 1 rings (SSSR count). The van der Waals surface area contributed by atoms with Gasteiger partial charge in [-0.1, -0.05) is 13.8 Å². The zero-order valence-corrected chi connectivity index (χ0v) is 8.87. The van der Waals surface area contributed by atoms with Crippen LogP contribution in [-0.4, -0.2) is 19.0 Å². The van der Waals surface area contributed by atoms with Crippen LogP contribution in [0.15, 0.2) is 0 Å². The van der Waals surface area contributed by atoms with Gasteiger partial charge in [-0.25, -0.2) is 0 Å². The molecule has 1 aliphatic rings. The Kier molecular flexibility index (Phi) is 2.83. The Morgan fingerprint density at radius 3 is 2.00 bits per heavy atom. The maximum atomic E-state index is 11.7. The third-order valence-corrected chi connectivity index (χ3v) is 3.52. The zero-order valence-electron chi connectivity index (χ0n) is 8.87. The van der Waals surface area contributed by atoms with E-state index in [4.69, 9.17) is 10.5 Å². The molecule has 2 atom stereocenters. The Balaban J connectivity index is 3.14. The molecule has 0 spiro atoms. The molecule has 14 heavy (non-hydrogen) atoms. The van der Waals surface area contributed by atoms with Gasteiger partial charge in [0.2, 0.25) is 5.91 Å². The molecule has 0 aliphatic heterocycles. The highest BCUT2D eigenvalue weighted by molar-refractivity contribution is 6.03. The number of esters is 1. The first-order valence-electron chi connectivity index (χ1n) is 4.86. The third kappa shape index (κ3) is 1.21. The maximum absolute atomic E-state index is 11.7. The van der Waals surface area contributed by atoms with E-state index in [1.54, 1.807) is 0 Å². The van der Waals surface area contributed by atoms with Crippen molar-refractivity contribution in [2.24, 2.45) is 23.0 Å². The van der Waals surface area contributed by atoms with Crippen molar-refractivity contribution in [2.75, 3.05) is 7.11 Å². The predicted molar refractivity (Wildman–Crippen MR) is 51.2 cm³/mol. The van der Waals surface area contributed by atoms with E-state index in [1.165, 1.54) is 7.11 Å². The Hall–Kier alpha value is -1.06. The topological polar surface area (TPSA) is 69.4 Å². The number of carbonyl (C=O) groups excluding carboxylic acids is 2. The maximum Gasteiger partial charge on any atom is 0.321 e. The second-order valence-corrected chi connectivity index (χ2v) is 4.10. The van der Waals surface area contributed by atoms with Crippen LogP contribution in [0, 0.1) is 17.3 Å². The second-order valence-electron chi connectivity index (χ2n) is 4.10. The minimum atomic E-state index is -1.10. The Morgan fingerprint density at radius 1 is 1.29 bits per heavy atom. The quantitative estimate of drug-likeness (QED) is 0.525. The number of rotatable bonds is 2. The van der Waals surface area contributed by atoms with Gasteiger partial charge in [0.15, 0.2) is 5.41 Å². The molecule has 4 heteroatoms. The summed E-state index contributed by atoms with van der Waals surface area (Å²) in [6.07, 6.45) is 1.69. The van der Waals surface area contributed by atoms with Crippen molar-refractivity contribution in [3.8, 4) is 0 Å². The number of carbonyl (C=O) groups is 2. The van der Waals surface area contributed by atoms with Gasteiger partial charge in [0.25, 0.3) is 0 Å². The number of hydrogen-bond donors (Lipinski definition) is 1. The Morgan fingerprint density at radius 2 is 1.71 bits per heavy atom. The summed E-state index contributed by atoms with van der Waals surface area (Å²) in [6, 6.07) is 0. The number of methoxy groups -OCH3 is 1. The fourth-order valence-electron chi connectivity index (χ4n) is 2.60. The molecule has 1 aliphatic carbocycles. The summed E-state index contributed by atoms with van der Waals surface area (Å²) in [6.45, 7) is 3.76. The van der Waals surface area contributed by atoms with Gasteiger partial charge in [-0.3, -0.25) is 9.59 Å². The summed E-state index contributed by atoms with van der Waals surface area (Å²) in [7, 11) is 1.30. The minimum Gasteiger partial charge on any atom is -0.468 e. The second kappa shape index (κ2) is 3.59. The van der Waals surface area contributed by atoms with Crippen LogP contribution in [0.25, 0.3) is 0 Å². The lowest BCUT2D eigenvalue weighted by molar-refractivity contribution is -0.163. The van der Waals surface area contributed by atoms with Crippen LogP contribution in [0.5, 0.6) is 0 Å². The van der Waals surface area contributed by atoms with E-state index < -0.39 is 17.3 Å². The highest BCUT2D eigenvalue weighted by Gasteiger charge is 2.57. The summed E-state index contributed by atoms with van der Waals surface area (Å²) in [5.41, 5.74) is 4.25. The van der Waals surface area contributed by atoms with Crippen LogP contribution in [0.2, 0.25) is 0 Å². The molecule has 0 saturated heterocycles. The van der Waals surface area contributed by atoms with Gasteiger partial charge in [-0.2, -0.15) is 0 Å². The van der Waals surface area contributed by atoms with Crippen molar-refractivity contribution in [1.29, 1.82) is 0 Å². The number of hydrogen-bond acceptors (Lipinski definition) is 3. The molecule has 1 saturated carbocycles. The Labute approximate surface area is 83.8 Å². The molecule has 0 aromatic carbocycles. The van der Waals surface area contributed by atoms with Crippen molar-refractivity contribution in [3.63, 3.8) is 0 Å². The van der Waals surface area contributed by atoms with Crippen molar-refractivity contribution in [3.05, 3.63) is 0 Å². The molecule has 0 aromatic heterocycles. The number of primary amides is 1. The van der Waals surface area contributed by atoms with Crippen molar-refractivity contribution >= 4 is 11.9 Å². The van der Waals surface area contributed by atoms with Crippen molar-refractivity contribution in [2.45, 2.75) is 26.7 Å². The monoisotopic (exact) mass is 199 g/mol. The lowest BCUT2D eigenvalue weighted by atomic mass is 9.72. The van der Waals surface area contributed by atoms with E-state index in [0.717, 1.165) is 12.8 Å². The van der Waals surface area contributed by atoms with Crippen LogP contribution < -0.4 is 5.73 Å². The molecule has 4 nitrogen and oxygen atoms in total. The molecule has 1 amide bonds. The van der Waals surface area contributed by atoms with Gasteiger partial charge < -0.3 is 10.5 Å². The molecule has 80 valence electrons. The Bertz CT molecular complexity index is 252. The van der Waals surface area contributed by atoms with E-state index in [0.29, 0.717) is 0 Å². The molecule has 0 heterocycles. The third-order valence-electron chi connectivity index (χ3n) is 3.52. The lowest BCUT2D eigenvalue weighted by Crippen LogP contribution is -2.50. The molecule has 1 fully saturated rings. The van der Waals surface area contributed by atoms with Gasteiger partial charge in [0.1, 0.15) is 0 Å². The van der Waals surface area contributed by atoms with E-state index in [9.17, 15) is 9.59 Å². The normalized spacial score (nSPS) is 36.8. The van der Waals surface area contributed by atoms with Crippen LogP contribution in [0.3, 0.4) is 0 Å². The first-order valence-corrected chi connectivity index (χ1v) is 4.86. The van der Waals surface area contributed by atoms with Gasteiger partial charge in [-0.05, 0) is 24.7 Å². The first kappa shape index (κ1) is 11.0. The largest absolute Gasteiger partial charge is 0.468 e. The highest BCUT2D eigenvalue weighted by atomic mass is 16.5. The molecule has 0 aromatic rings. The van der Waals surface area contributed by atoms with Crippen LogP contribution in [0.1, 0.15) is 26.7 Å². The number of amides is 1. The minimum absolute atomic E-state index is 0.0255. The fourth-order valence-corrected chi connectivity index (χ4v) is 2.60. The van der Waals surface area contributed by atoms with E-state index in [2.05, 4.69) is 0 Å². The molecular weight excluding hydrogens is 182 g/mol. The van der Waals surface area contributed by atoms with Crippen LogP contribution in [0.4, 0.5) is 0 Å². The summed E-state index contributed by atoms with van der Waals surface area (Å²) < 4.78 is 4.70. The fraction of sp³-hybridized carbons (Fsp3) is 0.800. The first-order chi connectivity index (χ1) is 6.47. The summed E-state index contributed by atoms with van der Waals surface area (Å²) in [5.74, 6) is -1.09. The molecule has 0 radical (unpaired) electrons. The van der Waals surface area contributed by atoms with E-state index in [1.807, 2.05) is 13.8 Å². The summed E-state index contributed by atoms with van der Waals surface area (Å²) in [4.78, 5) is 23.1. The average molecular weight is 199 g/mol. The van der Waals surface area contributed by atoms with E-state index >= 15 is 0 Å². The molecular formula is C10H17NO3. The average Bonchev–Trinajstić information content (AvgIpc) is 2.42. The van der Waals surface area contributed by atoms with Crippen molar-refractivity contribution in [1.82, 2.24) is 0 Å². The SMILES string of the molecule is COC(=O)C1(C(N)=O)C(C)CCC1C. The van der Waals surface area contributed by atoms with Crippen LogP contribution in [-0.2, 0) is 14.3 Å². The smallest absolute Gasteiger partial charge is 0.321 e. The van der Waals surface area contributed by atoms with Gasteiger partial charge in [0, 0.05) is 0 Å². The predicted octanol–water partition coefficient (Wildman–Crippen LogP) is 0.697. The molecule has 2 N–H and O–H groups in total. The highest BCUT2D eigenvalue weighted by Crippen LogP contribution is 2.48. The van der Waals surface area contributed by atoms with Gasteiger partial charge in [-0.15, -0.1) is 0 Å². The number of nitrogens with two attached hydrogens (primary N) is 1. The molecule has 2 unspecified atom stereocenters.